The summed E-state index contributed by atoms with van der Waals surface area (Å²) >= 11 is 0. The molecule has 10 heteroatoms. The van der Waals surface area contributed by atoms with E-state index in [0.717, 1.165) is 38.5 Å². The Kier molecular flexibility index (Phi) is 37.1. The summed E-state index contributed by atoms with van der Waals surface area (Å²) in [7, 11) is 0. The van der Waals surface area contributed by atoms with E-state index in [4.69, 9.17) is 9.47 Å². The van der Waals surface area contributed by atoms with Crippen molar-refractivity contribution in [2.75, 3.05) is 13.2 Å². The van der Waals surface area contributed by atoms with Crippen LogP contribution in [0.2, 0.25) is 0 Å². The second kappa shape index (κ2) is 39.0. The Bertz CT molecular complexity index is 895. The number of ether oxygens (including phenoxy) is 2. The van der Waals surface area contributed by atoms with Crippen LogP contribution in [0.25, 0.3) is 0 Å². The number of aliphatic hydroxyl groups excluding tert-OH is 6. The van der Waals surface area contributed by atoms with Crippen molar-refractivity contribution in [3.8, 4) is 0 Å². The summed E-state index contributed by atoms with van der Waals surface area (Å²) in [5, 5.41) is 65.3. The van der Waals surface area contributed by atoms with Gasteiger partial charge in [-0.25, -0.2) is 0 Å². The molecule has 0 spiro atoms. The first kappa shape index (κ1) is 55.2. The third-order valence-electron chi connectivity index (χ3n) is 12.3. The van der Waals surface area contributed by atoms with Gasteiger partial charge in [-0.2, -0.15) is 0 Å². The number of carbonyl (C=O) groups excluding carboxylic acids is 1. The molecule has 0 aromatic heterocycles. The van der Waals surface area contributed by atoms with Gasteiger partial charge in [-0.15, -0.1) is 0 Å². The van der Waals surface area contributed by atoms with Gasteiger partial charge in [-0.3, -0.25) is 4.79 Å². The molecule has 1 aliphatic rings. The Balaban J connectivity index is 2.33. The van der Waals surface area contributed by atoms with Crippen molar-refractivity contribution >= 4 is 5.91 Å². The minimum Gasteiger partial charge on any atom is -0.394 e. The van der Waals surface area contributed by atoms with Gasteiger partial charge < -0.3 is 45.4 Å². The second-order valence-corrected chi connectivity index (χ2v) is 17.8. The first-order chi connectivity index (χ1) is 28.3. The van der Waals surface area contributed by atoms with Gasteiger partial charge in [0.2, 0.25) is 5.91 Å². The average Bonchev–Trinajstić information content (AvgIpc) is 3.22. The second-order valence-electron chi connectivity index (χ2n) is 17.8. The van der Waals surface area contributed by atoms with Crippen LogP contribution >= 0.6 is 0 Å². The van der Waals surface area contributed by atoms with Crippen LogP contribution in [0.3, 0.4) is 0 Å². The molecule has 1 heterocycles. The summed E-state index contributed by atoms with van der Waals surface area (Å²) < 4.78 is 11.2. The van der Waals surface area contributed by atoms with Crippen molar-refractivity contribution in [2.45, 2.75) is 288 Å². The Morgan fingerprint density at radius 1 is 0.534 bits per heavy atom. The number of hydrogen-bond donors (Lipinski definition) is 7. The molecule has 58 heavy (non-hydrogen) atoms. The molecule has 7 N–H and O–H groups in total. The number of hydrogen-bond acceptors (Lipinski definition) is 9. The highest BCUT2D eigenvalue weighted by Crippen LogP contribution is 2.23. The van der Waals surface area contributed by atoms with Gasteiger partial charge >= 0.3 is 0 Å². The zero-order valence-electron chi connectivity index (χ0n) is 37.7. The summed E-state index contributed by atoms with van der Waals surface area (Å²) in [6.45, 7) is 3.63. The van der Waals surface area contributed by atoms with Crippen LogP contribution in [-0.2, 0) is 14.3 Å². The fraction of sp³-hybridized carbons (Fsp3) is 0.979. The van der Waals surface area contributed by atoms with Crippen LogP contribution in [0.1, 0.15) is 239 Å². The number of aliphatic hydroxyl groups is 6. The molecule has 1 rings (SSSR count). The average molecular weight is 830 g/mol. The van der Waals surface area contributed by atoms with Crippen LogP contribution in [0.15, 0.2) is 0 Å². The Morgan fingerprint density at radius 3 is 1.28 bits per heavy atom. The summed E-state index contributed by atoms with van der Waals surface area (Å²) in [6.07, 6.45) is 32.5. The van der Waals surface area contributed by atoms with Crippen LogP contribution in [0.4, 0.5) is 0 Å². The molecule has 10 nitrogen and oxygen atoms in total. The Labute approximate surface area is 356 Å². The molecule has 0 radical (unpaired) electrons. The van der Waals surface area contributed by atoms with Crippen molar-refractivity contribution in [3.63, 3.8) is 0 Å². The largest absolute Gasteiger partial charge is 0.394 e. The van der Waals surface area contributed by atoms with Crippen LogP contribution in [0.5, 0.6) is 0 Å². The van der Waals surface area contributed by atoms with E-state index in [0.29, 0.717) is 6.42 Å². The smallest absolute Gasteiger partial charge is 0.220 e. The fourth-order valence-electron chi connectivity index (χ4n) is 8.26. The molecule has 1 amide bonds. The Hall–Kier alpha value is -0.850. The third kappa shape index (κ3) is 28.6. The van der Waals surface area contributed by atoms with Crippen molar-refractivity contribution in [1.82, 2.24) is 5.32 Å². The lowest BCUT2D eigenvalue weighted by Crippen LogP contribution is -2.60. The van der Waals surface area contributed by atoms with Crippen molar-refractivity contribution < 1.29 is 44.9 Å². The highest BCUT2D eigenvalue weighted by molar-refractivity contribution is 5.76. The zero-order valence-corrected chi connectivity index (χ0v) is 37.7. The van der Waals surface area contributed by atoms with Crippen LogP contribution < -0.4 is 5.32 Å². The molecular formula is C48H95NO9. The maximum absolute atomic E-state index is 13.0. The Morgan fingerprint density at radius 2 is 0.897 bits per heavy atom. The van der Waals surface area contributed by atoms with E-state index in [2.05, 4.69) is 19.2 Å². The van der Waals surface area contributed by atoms with Crippen molar-refractivity contribution in [2.24, 2.45) is 0 Å². The molecule has 0 bridgehead atoms. The maximum Gasteiger partial charge on any atom is 0.220 e. The molecule has 1 aliphatic heterocycles. The molecule has 0 aromatic rings. The molecule has 0 aromatic carbocycles. The van der Waals surface area contributed by atoms with Gasteiger partial charge in [0, 0.05) is 6.42 Å². The normalized spacial score (nSPS) is 21.3. The van der Waals surface area contributed by atoms with Gasteiger partial charge in [0.15, 0.2) is 6.29 Å². The number of carbonyl (C=O) groups is 1. The standard InChI is InChI=1S/C48H95NO9/c1-3-5-7-9-11-13-15-17-19-20-21-22-23-25-27-29-31-33-35-37-43(52)49-40(39-57-48-47(56)46(55)45(54)42(38-50)58-48)44(53)41(51)36-34-32-30-28-26-24-18-16-14-12-10-8-6-4-2/h40-42,44-48,50-51,53-56H,3-39H2,1-2H3,(H,49,52)/t40-,41+,42+,44-,45+,46?,47?,48+/m0/s1. The third-order valence-corrected chi connectivity index (χ3v) is 12.3. The molecule has 1 saturated heterocycles. The first-order valence-electron chi connectivity index (χ1n) is 24.8. The quantitative estimate of drug-likeness (QED) is 0.0296. The highest BCUT2D eigenvalue weighted by Gasteiger charge is 2.44. The summed E-state index contributed by atoms with van der Waals surface area (Å²) in [6, 6.07) is -0.984. The van der Waals surface area contributed by atoms with Crippen LogP contribution in [0, 0.1) is 0 Å². The van der Waals surface area contributed by atoms with Gasteiger partial charge in [0.25, 0.3) is 0 Å². The van der Waals surface area contributed by atoms with Gasteiger partial charge in [-0.05, 0) is 12.8 Å². The predicted octanol–water partition coefficient (Wildman–Crippen LogP) is 9.70. The lowest BCUT2D eigenvalue weighted by atomic mass is 9.98. The minimum atomic E-state index is -1.60. The first-order valence-corrected chi connectivity index (χ1v) is 24.8. The van der Waals surface area contributed by atoms with E-state index >= 15 is 0 Å². The predicted molar refractivity (Wildman–Crippen MR) is 237 cm³/mol. The number of nitrogens with one attached hydrogen (secondary N) is 1. The summed E-state index contributed by atoms with van der Waals surface area (Å²) in [5.41, 5.74) is 0. The molecule has 8 atom stereocenters. The lowest BCUT2D eigenvalue weighted by Gasteiger charge is -2.40. The highest BCUT2D eigenvalue weighted by atomic mass is 16.7. The number of amides is 1. The van der Waals surface area contributed by atoms with Gasteiger partial charge in [0.05, 0.1) is 25.4 Å². The summed E-state index contributed by atoms with van der Waals surface area (Å²) in [4.78, 5) is 13.0. The van der Waals surface area contributed by atoms with E-state index in [1.807, 2.05) is 0 Å². The van der Waals surface area contributed by atoms with Gasteiger partial charge in [0.1, 0.15) is 30.5 Å². The topological polar surface area (TPSA) is 169 Å². The SMILES string of the molecule is CCCCCCCCCCCCCCCCCCCCCC(=O)N[C@@H](CO[C@@H]1O[C@H](CO)[C@@H](O)C(O)C1O)[C@H](O)[C@H](O)CCCCCCCCCCCCCCCC. The molecule has 2 unspecified atom stereocenters. The lowest BCUT2D eigenvalue weighted by molar-refractivity contribution is -0.303. The fourth-order valence-corrected chi connectivity index (χ4v) is 8.26. The van der Waals surface area contributed by atoms with E-state index in [9.17, 15) is 35.4 Å². The monoisotopic (exact) mass is 830 g/mol. The van der Waals surface area contributed by atoms with E-state index in [1.54, 1.807) is 0 Å². The molecular weight excluding hydrogens is 735 g/mol. The molecule has 0 aliphatic carbocycles. The molecule has 0 saturated carbocycles. The van der Waals surface area contributed by atoms with E-state index in [1.165, 1.54) is 173 Å². The molecule has 1 fully saturated rings. The number of unbranched alkanes of at least 4 members (excludes halogenated alkanes) is 31. The maximum atomic E-state index is 13.0. The van der Waals surface area contributed by atoms with E-state index < -0.39 is 55.6 Å². The summed E-state index contributed by atoms with van der Waals surface area (Å²) in [5.74, 6) is -0.253. The van der Waals surface area contributed by atoms with Crippen molar-refractivity contribution in [3.05, 3.63) is 0 Å². The minimum absolute atomic E-state index is 0.253. The number of rotatable bonds is 42. The van der Waals surface area contributed by atoms with Crippen LogP contribution in [-0.4, -0.2) is 98.7 Å². The zero-order chi connectivity index (χ0) is 42.5. The van der Waals surface area contributed by atoms with Gasteiger partial charge in [-0.1, -0.05) is 219 Å². The van der Waals surface area contributed by atoms with E-state index in [-0.39, 0.29) is 18.9 Å². The molecule has 346 valence electrons. The van der Waals surface area contributed by atoms with Crippen molar-refractivity contribution in [1.29, 1.82) is 0 Å².